The quantitative estimate of drug-likeness (QED) is 0.303. The van der Waals surface area contributed by atoms with Crippen molar-refractivity contribution < 1.29 is 19.2 Å². The molecule has 0 unspecified atom stereocenters. The number of methoxy groups -OCH3 is 1. The number of nitro benzene ring substituents is 1. The number of carbonyl (C=O) groups excluding carboxylic acids is 2. The van der Waals surface area contributed by atoms with E-state index >= 15 is 0 Å². The molecule has 3 rings (SSSR count). The molecule has 0 aliphatic rings. The maximum Gasteiger partial charge on any atom is 0.270 e. The number of rotatable bonds is 8. The van der Waals surface area contributed by atoms with Crippen LogP contribution in [0.2, 0.25) is 0 Å². The van der Waals surface area contributed by atoms with Crippen molar-refractivity contribution in [3.05, 3.63) is 88.5 Å². The Morgan fingerprint density at radius 3 is 2.55 bits per heavy atom. The lowest BCUT2D eigenvalue weighted by Crippen LogP contribution is -2.14. The second-order valence-corrected chi connectivity index (χ2v) is 7.38. The molecule has 0 saturated heterocycles. The molecule has 0 spiro atoms. The maximum absolute atomic E-state index is 12.4. The zero-order chi connectivity index (χ0) is 22.2. The van der Waals surface area contributed by atoms with Crippen LogP contribution in [0.15, 0.2) is 77.7 Å². The van der Waals surface area contributed by atoms with Gasteiger partial charge in [-0.15, -0.1) is 11.8 Å². The predicted octanol–water partition coefficient (Wildman–Crippen LogP) is 4.59. The molecule has 0 fully saturated rings. The van der Waals surface area contributed by atoms with Crippen molar-refractivity contribution >= 4 is 40.6 Å². The van der Waals surface area contributed by atoms with E-state index in [-0.39, 0.29) is 22.9 Å². The van der Waals surface area contributed by atoms with Gasteiger partial charge >= 0.3 is 0 Å². The Balaban J connectivity index is 1.60. The fourth-order valence-corrected chi connectivity index (χ4v) is 3.47. The highest BCUT2D eigenvalue weighted by atomic mass is 32.2. The van der Waals surface area contributed by atoms with Crippen LogP contribution in [0.5, 0.6) is 5.75 Å². The van der Waals surface area contributed by atoms with Crippen LogP contribution in [0.3, 0.4) is 0 Å². The lowest BCUT2D eigenvalue weighted by atomic mass is 10.2. The molecule has 0 aromatic heterocycles. The Hall–Kier alpha value is -3.85. The Kier molecular flexibility index (Phi) is 7.23. The number of para-hydroxylation sites is 2. The standard InChI is InChI=1S/C22H19N3O5S/c1-30-20-11-3-2-10-19(20)24-21(26)14-31-18-9-5-7-16(13-18)23-22(27)15-6-4-8-17(12-15)25(28)29/h2-13H,14H2,1H3,(H,23,27)(H,24,26). The molecule has 0 bridgehead atoms. The van der Waals surface area contributed by atoms with E-state index in [1.165, 1.54) is 43.1 Å². The zero-order valence-corrected chi connectivity index (χ0v) is 17.3. The third-order valence-corrected chi connectivity index (χ3v) is 5.16. The number of nitrogens with zero attached hydrogens (tertiary/aromatic N) is 1. The number of thioether (sulfide) groups is 1. The van der Waals surface area contributed by atoms with Crippen LogP contribution in [0.25, 0.3) is 0 Å². The molecule has 3 aromatic rings. The van der Waals surface area contributed by atoms with Crippen molar-refractivity contribution in [1.29, 1.82) is 0 Å². The Morgan fingerprint density at radius 1 is 1.00 bits per heavy atom. The third-order valence-electron chi connectivity index (χ3n) is 4.16. The van der Waals surface area contributed by atoms with E-state index in [1.807, 2.05) is 12.1 Å². The summed E-state index contributed by atoms with van der Waals surface area (Å²) in [6, 6.07) is 19.7. The summed E-state index contributed by atoms with van der Waals surface area (Å²) >= 11 is 1.31. The molecule has 2 amide bonds. The van der Waals surface area contributed by atoms with Gasteiger partial charge in [0.25, 0.3) is 11.6 Å². The molecule has 0 aliphatic carbocycles. The Morgan fingerprint density at radius 2 is 1.77 bits per heavy atom. The van der Waals surface area contributed by atoms with Gasteiger partial charge in [0.05, 0.1) is 23.5 Å². The van der Waals surface area contributed by atoms with Crippen LogP contribution in [0.4, 0.5) is 17.1 Å². The van der Waals surface area contributed by atoms with Crippen LogP contribution in [-0.2, 0) is 4.79 Å². The van der Waals surface area contributed by atoms with Crippen molar-refractivity contribution in [3.8, 4) is 5.75 Å². The fraction of sp³-hybridized carbons (Fsp3) is 0.0909. The van der Waals surface area contributed by atoms with Gasteiger partial charge in [-0.2, -0.15) is 0 Å². The topological polar surface area (TPSA) is 111 Å². The number of nitro groups is 1. The lowest BCUT2D eigenvalue weighted by Gasteiger charge is -2.10. The zero-order valence-electron chi connectivity index (χ0n) is 16.5. The number of carbonyl (C=O) groups is 2. The van der Waals surface area contributed by atoms with E-state index < -0.39 is 10.8 Å². The lowest BCUT2D eigenvalue weighted by molar-refractivity contribution is -0.384. The SMILES string of the molecule is COc1ccccc1NC(=O)CSc1cccc(NC(=O)c2cccc([N+](=O)[O-])c2)c1. The van der Waals surface area contributed by atoms with Gasteiger partial charge in [0.2, 0.25) is 5.91 Å². The van der Waals surface area contributed by atoms with Crippen LogP contribution in [-0.4, -0.2) is 29.6 Å². The minimum Gasteiger partial charge on any atom is -0.495 e. The summed E-state index contributed by atoms with van der Waals surface area (Å²) < 4.78 is 5.22. The summed E-state index contributed by atoms with van der Waals surface area (Å²) in [5, 5.41) is 16.4. The van der Waals surface area contributed by atoms with Gasteiger partial charge in [0, 0.05) is 28.3 Å². The molecule has 158 valence electrons. The average molecular weight is 437 g/mol. The van der Waals surface area contributed by atoms with Crippen LogP contribution >= 0.6 is 11.8 Å². The largest absolute Gasteiger partial charge is 0.495 e. The minimum atomic E-state index is -0.551. The molecule has 0 saturated carbocycles. The van der Waals surface area contributed by atoms with E-state index in [4.69, 9.17) is 4.74 Å². The van der Waals surface area contributed by atoms with Gasteiger partial charge in [-0.25, -0.2) is 0 Å². The Bertz CT molecular complexity index is 1120. The highest BCUT2D eigenvalue weighted by Gasteiger charge is 2.12. The van der Waals surface area contributed by atoms with E-state index in [1.54, 1.807) is 36.4 Å². The van der Waals surface area contributed by atoms with Gasteiger partial charge in [0.1, 0.15) is 5.75 Å². The van der Waals surface area contributed by atoms with E-state index in [0.29, 0.717) is 17.1 Å². The first-order valence-corrected chi connectivity index (χ1v) is 10.2. The van der Waals surface area contributed by atoms with Gasteiger partial charge in [-0.1, -0.05) is 24.3 Å². The molecular formula is C22H19N3O5S. The monoisotopic (exact) mass is 437 g/mol. The van der Waals surface area contributed by atoms with Crippen LogP contribution in [0, 0.1) is 10.1 Å². The number of benzene rings is 3. The average Bonchev–Trinajstić information content (AvgIpc) is 2.78. The van der Waals surface area contributed by atoms with E-state index in [9.17, 15) is 19.7 Å². The molecule has 0 aliphatic heterocycles. The molecular weight excluding hydrogens is 418 g/mol. The number of nitrogens with one attached hydrogen (secondary N) is 2. The van der Waals surface area contributed by atoms with Crippen LogP contribution < -0.4 is 15.4 Å². The molecule has 0 radical (unpaired) electrons. The first-order valence-electron chi connectivity index (χ1n) is 9.18. The maximum atomic E-state index is 12.4. The van der Waals surface area contributed by atoms with Gasteiger partial charge in [-0.05, 0) is 36.4 Å². The molecule has 9 heteroatoms. The summed E-state index contributed by atoms with van der Waals surface area (Å²) in [6.07, 6.45) is 0. The van der Waals surface area contributed by atoms with Crippen molar-refractivity contribution in [1.82, 2.24) is 0 Å². The van der Waals surface area contributed by atoms with E-state index in [0.717, 1.165) is 4.90 Å². The van der Waals surface area contributed by atoms with Crippen molar-refractivity contribution in [2.24, 2.45) is 0 Å². The number of amides is 2. The number of non-ortho nitro benzene ring substituents is 1. The summed E-state index contributed by atoms with van der Waals surface area (Å²) in [4.78, 5) is 35.8. The minimum absolute atomic E-state index is 0.155. The third kappa shape index (κ3) is 6.06. The smallest absolute Gasteiger partial charge is 0.270 e. The number of anilines is 2. The second kappa shape index (κ2) is 10.3. The summed E-state index contributed by atoms with van der Waals surface area (Å²) in [5.41, 5.74) is 1.14. The first-order chi connectivity index (χ1) is 15.0. The fourth-order valence-electron chi connectivity index (χ4n) is 2.71. The van der Waals surface area contributed by atoms with Gasteiger partial charge in [-0.3, -0.25) is 19.7 Å². The normalized spacial score (nSPS) is 10.2. The Labute approximate surface area is 182 Å². The molecule has 8 nitrogen and oxygen atoms in total. The first kappa shape index (κ1) is 21.8. The van der Waals surface area contributed by atoms with Gasteiger partial charge in [0.15, 0.2) is 0 Å². The van der Waals surface area contributed by atoms with Gasteiger partial charge < -0.3 is 15.4 Å². The number of ether oxygens (including phenoxy) is 1. The molecule has 3 aromatic carbocycles. The molecule has 0 heterocycles. The predicted molar refractivity (Wildman–Crippen MR) is 120 cm³/mol. The summed E-state index contributed by atoms with van der Waals surface area (Å²) in [6.45, 7) is 0. The number of hydrogen-bond donors (Lipinski definition) is 2. The summed E-state index contributed by atoms with van der Waals surface area (Å²) in [7, 11) is 1.53. The van der Waals surface area contributed by atoms with E-state index in [2.05, 4.69) is 10.6 Å². The second-order valence-electron chi connectivity index (χ2n) is 6.33. The highest BCUT2D eigenvalue weighted by molar-refractivity contribution is 8.00. The molecule has 31 heavy (non-hydrogen) atoms. The highest BCUT2D eigenvalue weighted by Crippen LogP contribution is 2.25. The number of hydrogen-bond acceptors (Lipinski definition) is 6. The van der Waals surface area contributed by atoms with Crippen molar-refractivity contribution in [3.63, 3.8) is 0 Å². The summed E-state index contributed by atoms with van der Waals surface area (Å²) in [5.74, 6) is 0.0901. The molecule has 2 N–H and O–H groups in total. The van der Waals surface area contributed by atoms with Crippen LogP contribution in [0.1, 0.15) is 10.4 Å². The molecule has 0 atom stereocenters. The van der Waals surface area contributed by atoms with Crippen molar-refractivity contribution in [2.75, 3.05) is 23.5 Å². The van der Waals surface area contributed by atoms with Crippen molar-refractivity contribution in [2.45, 2.75) is 4.90 Å².